The number of aliphatic hydroxyl groups excluding tert-OH is 1. The monoisotopic (exact) mass is 247 g/mol. The Hall–Kier alpha value is -0.860. The first-order valence-electron chi connectivity index (χ1n) is 7.21. The molecule has 1 aromatic carbocycles. The molecule has 100 valence electrons. The highest BCUT2D eigenvalue weighted by atomic mass is 16.3. The van der Waals surface area contributed by atoms with E-state index in [4.69, 9.17) is 0 Å². The molecule has 18 heavy (non-hydrogen) atoms. The lowest BCUT2D eigenvalue weighted by Gasteiger charge is -2.17. The zero-order chi connectivity index (χ0) is 13.0. The van der Waals surface area contributed by atoms with Crippen LogP contribution in [-0.2, 0) is 6.42 Å². The Labute approximate surface area is 110 Å². The molecule has 2 nitrogen and oxygen atoms in total. The second-order valence-corrected chi connectivity index (χ2v) is 5.44. The minimum absolute atomic E-state index is 0.379. The van der Waals surface area contributed by atoms with Crippen molar-refractivity contribution in [3.63, 3.8) is 0 Å². The quantitative estimate of drug-likeness (QED) is 0.838. The van der Waals surface area contributed by atoms with Crippen LogP contribution in [0.25, 0.3) is 0 Å². The zero-order valence-electron chi connectivity index (χ0n) is 11.6. The zero-order valence-corrected chi connectivity index (χ0v) is 11.6. The molecule has 1 aliphatic carbocycles. The Balaban J connectivity index is 1.91. The molecule has 0 aliphatic heterocycles. The summed E-state index contributed by atoms with van der Waals surface area (Å²) in [7, 11) is 0. The fourth-order valence-corrected chi connectivity index (χ4v) is 2.85. The minimum atomic E-state index is -0.379. The van der Waals surface area contributed by atoms with Gasteiger partial charge in [-0.3, -0.25) is 0 Å². The fourth-order valence-electron chi connectivity index (χ4n) is 2.85. The van der Waals surface area contributed by atoms with E-state index in [1.165, 1.54) is 36.8 Å². The molecule has 1 saturated carbocycles. The van der Waals surface area contributed by atoms with Gasteiger partial charge in [-0.25, -0.2) is 0 Å². The van der Waals surface area contributed by atoms with Crippen molar-refractivity contribution in [1.29, 1.82) is 0 Å². The first-order valence-corrected chi connectivity index (χ1v) is 7.21. The van der Waals surface area contributed by atoms with Crippen LogP contribution in [-0.4, -0.2) is 17.7 Å². The van der Waals surface area contributed by atoms with Gasteiger partial charge in [-0.05, 0) is 42.9 Å². The van der Waals surface area contributed by atoms with Crippen LogP contribution in [0.3, 0.4) is 0 Å². The molecular formula is C16H25NO. The van der Waals surface area contributed by atoms with E-state index in [1.54, 1.807) is 0 Å². The summed E-state index contributed by atoms with van der Waals surface area (Å²) in [4.78, 5) is 0. The van der Waals surface area contributed by atoms with E-state index >= 15 is 0 Å². The normalized spacial score (nSPS) is 18.2. The van der Waals surface area contributed by atoms with Crippen molar-refractivity contribution in [2.45, 2.75) is 58.1 Å². The van der Waals surface area contributed by atoms with Crippen molar-refractivity contribution in [3.05, 3.63) is 34.9 Å². The lowest BCUT2D eigenvalue weighted by Crippen LogP contribution is -2.30. The van der Waals surface area contributed by atoms with Crippen LogP contribution in [0.5, 0.6) is 0 Å². The summed E-state index contributed by atoms with van der Waals surface area (Å²) in [6.45, 7) is 4.97. The van der Waals surface area contributed by atoms with Gasteiger partial charge in [-0.2, -0.15) is 0 Å². The molecule has 1 unspecified atom stereocenters. The van der Waals surface area contributed by atoms with E-state index in [1.807, 2.05) is 0 Å². The molecule has 1 aliphatic rings. The molecule has 2 N–H and O–H groups in total. The number of benzene rings is 1. The summed E-state index contributed by atoms with van der Waals surface area (Å²) in [5, 5.41) is 13.7. The van der Waals surface area contributed by atoms with Gasteiger partial charge < -0.3 is 10.4 Å². The predicted octanol–water partition coefficient (Wildman–Crippen LogP) is 3.12. The summed E-state index contributed by atoms with van der Waals surface area (Å²) in [5.41, 5.74) is 3.69. The average molecular weight is 247 g/mol. The third kappa shape index (κ3) is 3.33. The average Bonchev–Trinajstić information content (AvgIpc) is 2.89. The molecule has 2 rings (SSSR count). The van der Waals surface area contributed by atoms with Gasteiger partial charge in [0.25, 0.3) is 0 Å². The van der Waals surface area contributed by atoms with Gasteiger partial charge in [-0.1, -0.05) is 38.0 Å². The standard InChI is InChI=1S/C16H25NO/c1-3-13-8-9-14(10-12(13)2)16(18)11-17-15-6-4-5-7-15/h8-10,15-18H,3-7,11H2,1-2H3. The molecule has 0 spiro atoms. The first-order chi connectivity index (χ1) is 8.70. The van der Waals surface area contributed by atoms with Crippen molar-refractivity contribution >= 4 is 0 Å². The van der Waals surface area contributed by atoms with Crippen LogP contribution in [0.15, 0.2) is 18.2 Å². The first kappa shape index (κ1) is 13.6. The molecule has 0 amide bonds. The summed E-state index contributed by atoms with van der Waals surface area (Å²) in [6, 6.07) is 6.95. The largest absolute Gasteiger partial charge is 0.387 e. The summed E-state index contributed by atoms with van der Waals surface area (Å²) in [5.74, 6) is 0. The lowest BCUT2D eigenvalue weighted by molar-refractivity contribution is 0.170. The molecule has 0 saturated heterocycles. The Morgan fingerprint density at radius 2 is 2.06 bits per heavy atom. The smallest absolute Gasteiger partial charge is 0.0914 e. The summed E-state index contributed by atoms with van der Waals surface area (Å²) >= 11 is 0. The second kappa shape index (κ2) is 6.35. The van der Waals surface area contributed by atoms with E-state index in [0.717, 1.165) is 12.0 Å². The molecule has 0 aromatic heterocycles. The Kier molecular flexibility index (Phi) is 4.79. The lowest BCUT2D eigenvalue weighted by atomic mass is 10.00. The molecular weight excluding hydrogens is 222 g/mol. The molecule has 1 fully saturated rings. The van der Waals surface area contributed by atoms with Crippen molar-refractivity contribution in [3.8, 4) is 0 Å². The van der Waals surface area contributed by atoms with Crippen LogP contribution in [0, 0.1) is 6.92 Å². The van der Waals surface area contributed by atoms with Gasteiger partial charge in [-0.15, -0.1) is 0 Å². The van der Waals surface area contributed by atoms with Crippen molar-refractivity contribution in [2.24, 2.45) is 0 Å². The molecule has 0 heterocycles. The maximum absolute atomic E-state index is 10.2. The topological polar surface area (TPSA) is 32.3 Å². The number of aliphatic hydroxyl groups is 1. The number of nitrogens with one attached hydrogen (secondary N) is 1. The third-order valence-corrected chi connectivity index (χ3v) is 4.09. The molecule has 0 bridgehead atoms. The van der Waals surface area contributed by atoms with Gasteiger partial charge in [0, 0.05) is 12.6 Å². The van der Waals surface area contributed by atoms with E-state index in [0.29, 0.717) is 12.6 Å². The van der Waals surface area contributed by atoms with Crippen molar-refractivity contribution in [2.75, 3.05) is 6.54 Å². The van der Waals surface area contributed by atoms with Gasteiger partial charge in [0.15, 0.2) is 0 Å². The van der Waals surface area contributed by atoms with Gasteiger partial charge >= 0.3 is 0 Å². The van der Waals surface area contributed by atoms with Gasteiger partial charge in [0.2, 0.25) is 0 Å². The van der Waals surface area contributed by atoms with E-state index in [2.05, 4.69) is 37.4 Å². The highest BCUT2D eigenvalue weighted by Gasteiger charge is 2.16. The van der Waals surface area contributed by atoms with Gasteiger partial charge in [0.05, 0.1) is 6.10 Å². The van der Waals surface area contributed by atoms with E-state index in [-0.39, 0.29) is 6.10 Å². The van der Waals surface area contributed by atoms with E-state index < -0.39 is 0 Å². The van der Waals surface area contributed by atoms with Crippen molar-refractivity contribution < 1.29 is 5.11 Å². The maximum Gasteiger partial charge on any atom is 0.0914 e. The highest BCUT2D eigenvalue weighted by molar-refractivity contribution is 5.32. The Morgan fingerprint density at radius 1 is 1.33 bits per heavy atom. The number of hydrogen-bond acceptors (Lipinski definition) is 2. The number of aryl methyl sites for hydroxylation is 2. The molecule has 1 atom stereocenters. The third-order valence-electron chi connectivity index (χ3n) is 4.09. The highest BCUT2D eigenvalue weighted by Crippen LogP contribution is 2.20. The van der Waals surface area contributed by atoms with Crippen LogP contribution in [0.4, 0.5) is 0 Å². The summed E-state index contributed by atoms with van der Waals surface area (Å²) < 4.78 is 0. The van der Waals surface area contributed by atoms with E-state index in [9.17, 15) is 5.11 Å². The van der Waals surface area contributed by atoms with Crippen LogP contribution in [0.2, 0.25) is 0 Å². The van der Waals surface area contributed by atoms with Crippen LogP contribution >= 0.6 is 0 Å². The SMILES string of the molecule is CCc1ccc(C(O)CNC2CCCC2)cc1C. The maximum atomic E-state index is 10.2. The molecule has 1 aromatic rings. The summed E-state index contributed by atoms with van der Waals surface area (Å²) in [6.07, 6.45) is 5.87. The fraction of sp³-hybridized carbons (Fsp3) is 0.625. The van der Waals surface area contributed by atoms with Crippen LogP contribution in [0.1, 0.15) is 55.4 Å². The Bertz CT molecular complexity index is 383. The molecule has 0 radical (unpaired) electrons. The second-order valence-electron chi connectivity index (χ2n) is 5.44. The van der Waals surface area contributed by atoms with Crippen molar-refractivity contribution in [1.82, 2.24) is 5.32 Å². The number of hydrogen-bond donors (Lipinski definition) is 2. The Morgan fingerprint density at radius 3 is 2.67 bits per heavy atom. The van der Waals surface area contributed by atoms with Crippen LogP contribution < -0.4 is 5.32 Å². The molecule has 2 heteroatoms. The van der Waals surface area contributed by atoms with Gasteiger partial charge in [0.1, 0.15) is 0 Å². The number of rotatable bonds is 5. The minimum Gasteiger partial charge on any atom is -0.387 e. The predicted molar refractivity (Wildman–Crippen MR) is 75.8 cm³/mol.